The van der Waals surface area contributed by atoms with Gasteiger partial charge in [0.15, 0.2) is 7.28 Å². The number of nitrogens with one attached hydrogen (secondary N) is 1. The fourth-order valence-electron chi connectivity index (χ4n) is 11.4. The molecular weight excluding hydrogens is 771 g/mol. The minimum atomic E-state index is 0.0800. The van der Waals surface area contributed by atoms with Crippen LogP contribution in [0.5, 0.6) is 0 Å². The highest BCUT2D eigenvalue weighted by molar-refractivity contribution is 6.73. The Morgan fingerprint density at radius 3 is 1.53 bits per heavy atom. The second kappa shape index (κ2) is 15.2. The van der Waals surface area contributed by atoms with Crippen molar-refractivity contribution in [3.8, 4) is 33.4 Å². The van der Waals surface area contributed by atoms with Gasteiger partial charge < -0.3 is 10.2 Å². The van der Waals surface area contributed by atoms with E-state index in [9.17, 15) is 0 Å². The van der Waals surface area contributed by atoms with E-state index in [4.69, 9.17) is 0 Å². The molecule has 10 rings (SSSR count). The van der Waals surface area contributed by atoms with Gasteiger partial charge in [-0.1, -0.05) is 158 Å². The van der Waals surface area contributed by atoms with Crippen molar-refractivity contribution in [1.29, 1.82) is 0 Å². The molecule has 64 heavy (non-hydrogen) atoms. The molecular formula is C61H65BN2. The lowest BCUT2D eigenvalue weighted by Crippen LogP contribution is -2.41. The molecule has 0 atom stereocenters. The van der Waals surface area contributed by atoms with Gasteiger partial charge in [0.05, 0.1) is 0 Å². The van der Waals surface area contributed by atoms with E-state index in [2.05, 4.69) is 220 Å². The van der Waals surface area contributed by atoms with Crippen LogP contribution in [0.25, 0.3) is 33.4 Å². The van der Waals surface area contributed by atoms with Crippen molar-refractivity contribution in [3.63, 3.8) is 0 Å². The average molecular weight is 837 g/mol. The van der Waals surface area contributed by atoms with E-state index in [1.165, 1.54) is 132 Å². The van der Waals surface area contributed by atoms with E-state index in [1.807, 2.05) is 0 Å². The Hall–Kier alpha value is -5.80. The first-order valence-corrected chi connectivity index (χ1v) is 23.8. The maximum atomic E-state index is 4.09. The molecule has 0 spiro atoms. The molecule has 0 bridgehead atoms. The van der Waals surface area contributed by atoms with Gasteiger partial charge in [-0.05, 0) is 177 Å². The monoisotopic (exact) mass is 837 g/mol. The van der Waals surface area contributed by atoms with Crippen LogP contribution in [0, 0.1) is 20.8 Å². The Morgan fingerprint density at radius 2 is 0.938 bits per heavy atom. The first kappa shape index (κ1) is 42.2. The fraction of sp³-hybridized carbons (Fsp3) is 0.311. The van der Waals surface area contributed by atoms with E-state index in [0.717, 1.165) is 13.0 Å². The maximum Gasteiger partial charge on any atom is 0.198 e. The molecule has 3 heteroatoms. The summed E-state index contributed by atoms with van der Waals surface area (Å²) >= 11 is 0. The van der Waals surface area contributed by atoms with Crippen LogP contribution in [0.1, 0.15) is 120 Å². The van der Waals surface area contributed by atoms with Gasteiger partial charge in [-0.3, -0.25) is 0 Å². The van der Waals surface area contributed by atoms with E-state index >= 15 is 0 Å². The Kier molecular flexibility index (Phi) is 9.98. The zero-order valence-electron chi connectivity index (χ0n) is 40.2. The minimum absolute atomic E-state index is 0.0800. The Balaban J connectivity index is 1.21. The normalized spacial score (nSPS) is 17.3. The molecule has 322 valence electrons. The third-order valence-electron chi connectivity index (χ3n) is 15.7. The highest BCUT2D eigenvalue weighted by atomic mass is 15.2. The second-order valence-electron chi connectivity index (χ2n) is 22.2. The molecule has 2 aliphatic carbocycles. The molecule has 2 nitrogen and oxygen atoms in total. The van der Waals surface area contributed by atoms with Gasteiger partial charge in [-0.25, -0.2) is 0 Å². The molecule has 3 aliphatic rings. The second-order valence-corrected chi connectivity index (χ2v) is 22.2. The highest BCUT2D eigenvalue weighted by Gasteiger charge is 2.40. The summed E-state index contributed by atoms with van der Waals surface area (Å²) in [5.41, 5.74) is 26.6. The smallest absolute Gasteiger partial charge is 0.198 e. The van der Waals surface area contributed by atoms with Crippen molar-refractivity contribution in [1.82, 2.24) is 0 Å². The summed E-state index contributed by atoms with van der Waals surface area (Å²) in [7, 11) is 0.838. The van der Waals surface area contributed by atoms with E-state index < -0.39 is 0 Å². The Morgan fingerprint density at radius 1 is 0.422 bits per heavy atom. The zero-order valence-corrected chi connectivity index (χ0v) is 40.2. The number of hydrogen-bond donors (Lipinski definition) is 1. The van der Waals surface area contributed by atoms with Crippen LogP contribution in [0.15, 0.2) is 133 Å². The molecule has 0 aromatic heterocycles. The molecule has 0 radical (unpaired) electrons. The van der Waals surface area contributed by atoms with Crippen LogP contribution >= 0.6 is 0 Å². The van der Waals surface area contributed by atoms with Crippen LogP contribution < -0.4 is 21.1 Å². The third-order valence-corrected chi connectivity index (χ3v) is 15.7. The summed E-state index contributed by atoms with van der Waals surface area (Å²) in [6.07, 6.45) is 4.77. The number of rotatable bonds is 6. The van der Waals surface area contributed by atoms with E-state index in [-0.39, 0.29) is 21.7 Å². The average Bonchev–Trinajstić information content (AvgIpc) is 3.27. The topological polar surface area (TPSA) is 15.3 Å². The highest BCUT2D eigenvalue weighted by Crippen LogP contribution is 2.51. The summed E-state index contributed by atoms with van der Waals surface area (Å²) in [5.74, 6) is 0. The quantitative estimate of drug-likeness (QED) is 0.168. The number of aryl methyl sites for hydroxylation is 3. The SMILES string of the molecule is Cc1cc(-c2cc(-c3ccccc3)ccc2Nc2cc3c(cc2C)C(C)(C)CCC3(C)C)c2c(c1)N(c1cc3c(cc1C)C(C)(C)CCC3(C)C)c1cc(-c3ccccc3)ccc1B2. The van der Waals surface area contributed by atoms with Crippen molar-refractivity contribution < 1.29 is 0 Å². The standard InChI is InChI=1S/C61H65BN2/c1-38-30-46(45-34-43(41-18-14-12-15-19-41)23-25-52(45)63-53-36-49-47(32-39(53)2)58(4,5)26-28-60(49,8)9)57-56(31-38)64(55-35-44(22-24-51(55)62-57)42-20-16-13-17-21-42)54-37-50-48(33-40(54)3)59(6,7)27-29-61(50,10)11/h12-25,30-37,62-63H,26-29H2,1-11H3. The Bertz CT molecular complexity index is 2970. The summed E-state index contributed by atoms with van der Waals surface area (Å²) in [6.45, 7) is 26.4. The van der Waals surface area contributed by atoms with Gasteiger partial charge in [0.2, 0.25) is 0 Å². The third kappa shape index (κ3) is 7.20. The summed E-state index contributed by atoms with van der Waals surface area (Å²) in [6, 6.07) is 51.0. The molecule has 0 amide bonds. The maximum absolute atomic E-state index is 4.09. The van der Waals surface area contributed by atoms with Gasteiger partial charge in [0.1, 0.15) is 0 Å². The molecule has 7 aromatic carbocycles. The lowest BCUT2D eigenvalue weighted by atomic mass is 9.57. The van der Waals surface area contributed by atoms with Gasteiger partial charge in [0.25, 0.3) is 0 Å². The number of nitrogens with zero attached hydrogens (tertiary/aromatic N) is 1. The molecule has 0 saturated carbocycles. The minimum Gasteiger partial charge on any atom is -0.355 e. The molecule has 1 aliphatic heterocycles. The zero-order chi connectivity index (χ0) is 44.9. The molecule has 0 fully saturated rings. The first-order valence-electron chi connectivity index (χ1n) is 23.8. The molecule has 7 aromatic rings. The van der Waals surface area contributed by atoms with Gasteiger partial charge in [-0.15, -0.1) is 0 Å². The first-order chi connectivity index (χ1) is 30.4. The fourth-order valence-corrected chi connectivity index (χ4v) is 11.4. The van der Waals surface area contributed by atoms with Crippen molar-refractivity contribution in [2.45, 2.75) is 124 Å². The lowest BCUT2D eigenvalue weighted by molar-refractivity contribution is 0.332. The summed E-state index contributed by atoms with van der Waals surface area (Å²) < 4.78 is 0. The van der Waals surface area contributed by atoms with Gasteiger partial charge in [-0.2, -0.15) is 0 Å². The number of fused-ring (bicyclic) bond motifs is 4. The van der Waals surface area contributed by atoms with Crippen LogP contribution in [0.3, 0.4) is 0 Å². The molecule has 0 unspecified atom stereocenters. The Labute approximate surface area is 384 Å². The number of anilines is 5. The van der Waals surface area contributed by atoms with Gasteiger partial charge >= 0.3 is 0 Å². The number of hydrogen-bond acceptors (Lipinski definition) is 2. The van der Waals surface area contributed by atoms with Crippen LogP contribution in [-0.4, -0.2) is 7.28 Å². The van der Waals surface area contributed by atoms with Crippen molar-refractivity contribution in [2.75, 3.05) is 10.2 Å². The van der Waals surface area contributed by atoms with Crippen molar-refractivity contribution in [2.24, 2.45) is 0 Å². The van der Waals surface area contributed by atoms with Crippen LogP contribution in [0.4, 0.5) is 28.4 Å². The van der Waals surface area contributed by atoms with Crippen LogP contribution in [-0.2, 0) is 21.7 Å². The van der Waals surface area contributed by atoms with Gasteiger partial charge in [0, 0.05) is 34.0 Å². The summed E-state index contributed by atoms with van der Waals surface area (Å²) in [4.78, 5) is 2.63. The molecule has 1 heterocycles. The molecule has 0 saturated heterocycles. The van der Waals surface area contributed by atoms with Crippen molar-refractivity contribution in [3.05, 3.63) is 172 Å². The van der Waals surface area contributed by atoms with E-state index in [0.29, 0.717) is 0 Å². The predicted molar refractivity (Wildman–Crippen MR) is 278 cm³/mol. The van der Waals surface area contributed by atoms with E-state index in [1.54, 1.807) is 0 Å². The molecule has 1 N–H and O–H groups in total. The van der Waals surface area contributed by atoms with Crippen molar-refractivity contribution >= 4 is 46.6 Å². The number of benzene rings is 7. The largest absolute Gasteiger partial charge is 0.355 e. The predicted octanol–water partition coefficient (Wildman–Crippen LogP) is 15.2. The lowest BCUT2D eigenvalue weighted by Gasteiger charge is -2.44. The summed E-state index contributed by atoms with van der Waals surface area (Å²) in [5, 5.41) is 4.09. The van der Waals surface area contributed by atoms with Crippen LogP contribution in [0.2, 0.25) is 0 Å².